The molecule has 4 rings (SSSR count). The van der Waals surface area contributed by atoms with Crippen LogP contribution in [0, 0.1) is 5.82 Å². The molecule has 1 heterocycles. The van der Waals surface area contributed by atoms with Crippen LogP contribution in [0.3, 0.4) is 0 Å². The first kappa shape index (κ1) is 20.6. The Morgan fingerprint density at radius 1 is 1.00 bits per heavy atom. The van der Waals surface area contributed by atoms with E-state index in [1.807, 2.05) is 0 Å². The fourth-order valence-electron chi connectivity index (χ4n) is 3.39. The second-order valence-corrected chi connectivity index (χ2v) is 7.04. The molecule has 1 N–H and O–H groups in total. The number of carbonyl (C=O) groups is 1. The summed E-state index contributed by atoms with van der Waals surface area (Å²) in [6, 6.07) is 16.2. The average Bonchev–Trinajstić information content (AvgIpc) is 3.13. The maximum absolute atomic E-state index is 13.4. The molecule has 158 valence electrons. The van der Waals surface area contributed by atoms with E-state index in [0.717, 1.165) is 17.1 Å². The van der Waals surface area contributed by atoms with Crippen molar-refractivity contribution in [3.63, 3.8) is 0 Å². The number of fused-ring (bicyclic) bond motifs is 1. The molecular weight excluding hydrogens is 410 g/mol. The van der Waals surface area contributed by atoms with Gasteiger partial charge in [0.2, 0.25) is 0 Å². The summed E-state index contributed by atoms with van der Waals surface area (Å²) >= 11 is 0. The maximum atomic E-state index is 13.4. The van der Waals surface area contributed by atoms with Gasteiger partial charge in [0.05, 0.1) is 23.8 Å². The molecule has 4 nitrogen and oxygen atoms in total. The Labute approximate surface area is 175 Å². The highest BCUT2D eigenvalue weighted by atomic mass is 19.4. The minimum Gasteiger partial charge on any atom is -0.348 e. The first-order valence-corrected chi connectivity index (χ1v) is 9.44. The summed E-state index contributed by atoms with van der Waals surface area (Å²) in [5, 5.41) is 7.52. The van der Waals surface area contributed by atoms with Crippen molar-refractivity contribution in [2.45, 2.75) is 19.3 Å². The average molecular weight is 427 g/mol. The number of amides is 1. The van der Waals surface area contributed by atoms with E-state index in [1.165, 1.54) is 30.3 Å². The summed E-state index contributed by atoms with van der Waals surface area (Å²) in [6.45, 7) is 0.117. The van der Waals surface area contributed by atoms with Crippen LogP contribution >= 0.6 is 0 Å². The van der Waals surface area contributed by atoms with Crippen molar-refractivity contribution in [1.82, 2.24) is 15.1 Å². The maximum Gasteiger partial charge on any atom is 0.416 e. The SMILES string of the molecule is O=C(NCc1ccccc1C(F)(F)F)c1ccc2c(cnn2Cc2cccc(F)c2)c1. The molecular formula is C23H17F4N3O. The van der Waals surface area contributed by atoms with Crippen LogP contribution in [0.25, 0.3) is 10.9 Å². The second-order valence-electron chi connectivity index (χ2n) is 7.04. The lowest BCUT2D eigenvalue weighted by molar-refractivity contribution is -0.138. The number of hydrogen-bond acceptors (Lipinski definition) is 2. The number of aromatic nitrogens is 2. The Hall–Kier alpha value is -3.68. The van der Waals surface area contributed by atoms with Gasteiger partial charge >= 0.3 is 6.18 Å². The molecule has 0 saturated carbocycles. The van der Waals surface area contributed by atoms with Crippen LogP contribution < -0.4 is 5.32 Å². The Morgan fingerprint density at radius 2 is 1.81 bits per heavy atom. The van der Waals surface area contributed by atoms with E-state index < -0.39 is 17.6 Å². The van der Waals surface area contributed by atoms with Gasteiger partial charge in [-0.1, -0.05) is 30.3 Å². The van der Waals surface area contributed by atoms with Crippen molar-refractivity contribution >= 4 is 16.8 Å². The van der Waals surface area contributed by atoms with Crippen molar-refractivity contribution in [1.29, 1.82) is 0 Å². The Balaban J connectivity index is 1.50. The van der Waals surface area contributed by atoms with Gasteiger partial charge < -0.3 is 5.32 Å². The predicted octanol–water partition coefficient (Wildman–Crippen LogP) is 5.17. The lowest BCUT2D eigenvalue weighted by Crippen LogP contribution is -2.24. The lowest BCUT2D eigenvalue weighted by Gasteiger charge is -2.13. The van der Waals surface area contributed by atoms with Gasteiger partial charge in [-0.05, 0) is 47.5 Å². The van der Waals surface area contributed by atoms with Crippen LogP contribution in [-0.4, -0.2) is 15.7 Å². The van der Waals surface area contributed by atoms with Gasteiger partial charge in [0.15, 0.2) is 0 Å². The number of nitrogens with zero attached hydrogens (tertiary/aromatic N) is 2. The fraction of sp³-hybridized carbons (Fsp3) is 0.130. The summed E-state index contributed by atoms with van der Waals surface area (Å²) in [4.78, 5) is 12.5. The molecule has 0 spiro atoms. The monoisotopic (exact) mass is 427 g/mol. The molecule has 0 aliphatic carbocycles. The summed E-state index contributed by atoms with van der Waals surface area (Å²) in [6.07, 6.45) is -2.90. The third-order valence-electron chi connectivity index (χ3n) is 4.89. The normalized spacial score (nSPS) is 11.6. The van der Waals surface area contributed by atoms with E-state index in [-0.39, 0.29) is 17.9 Å². The van der Waals surface area contributed by atoms with Gasteiger partial charge in [-0.25, -0.2) is 4.39 Å². The van der Waals surface area contributed by atoms with Gasteiger partial charge in [-0.3, -0.25) is 9.48 Å². The highest BCUT2D eigenvalue weighted by molar-refractivity contribution is 5.97. The number of rotatable bonds is 5. The van der Waals surface area contributed by atoms with E-state index in [2.05, 4.69) is 10.4 Å². The van der Waals surface area contributed by atoms with Gasteiger partial charge in [-0.15, -0.1) is 0 Å². The zero-order valence-corrected chi connectivity index (χ0v) is 16.2. The number of benzene rings is 3. The van der Waals surface area contributed by atoms with E-state index in [0.29, 0.717) is 17.5 Å². The van der Waals surface area contributed by atoms with Crippen LogP contribution in [0.2, 0.25) is 0 Å². The molecule has 1 aromatic heterocycles. The largest absolute Gasteiger partial charge is 0.416 e. The summed E-state index contributed by atoms with van der Waals surface area (Å²) in [7, 11) is 0. The molecule has 0 unspecified atom stereocenters. The fourth-order valence-corrected chi connectivity index (χ4v) is 3.39. The smallest absolute Gasteiger partial charge is 0.348 e. The zero-order chi connectivity index (χ0) is 22.0. The molecule has 0 saturated heterocycles. The van der Waals surface area contributed by atoms with Crippen molar-refractivity contribution in [3.8, 4) is 0 Å². The molecule has 0 atom stereocenters. The minimum absolute atomic E-state index is 0.00709. The van der Waals surface area contributed by atoms with Crippen molar-refractivity contribution < 1.29 is 22.4 Å². The van der Waals surface area contributed by atoms with Gasteiger partial charge in [0, 0.05) is 17.5 Å². The molecule has 4 aromatic rings. The van der Waals surface area contributed by atoms with Gasteiger partial charge in [0.1, 0.15) is 5.82 Å². The second kappa shape index (κ2) is 8.22. The summed E-state index contributed by atoms with van der Waals surface area (Å²) in [5.74, 6) is -0.822. The van der Waals surface area contributed by atoms with E-state index in [4.69, 9.17) is 0 Å². The number of nitrogens with one attached hydrogen (secondary N) is 1. The molecule has 8 heteroatoms. The minimum atomic E-state index is -4.49. The van der Waals surface area contributed by atoms with Crippen LogP contribution in [0.1, 0.15) is 27.0 Å². The topological polar surface area (TPSA) is 46.9 Å². The lowest BCUT2D eigenvalue weighted by atomic mass is 10.1. The number of halogens is 4. The van der Waals surface area contributed by atoms with Crippen molar-refractivity contribution in [3.05, 3.63) is 101 Å². The van der Waals surface area contributed by atoms with Crippen molar-refractivity contribution in [2.75, 3.05) is 0 Å². The molecule has 0 bridgehead atoms. The molecule has 0 aliphatic rings. The molecule has 0 aliphatic heterocycles. The third-order valence-corrected chi connectivity index (χ3v) is 4.89. The molecule has 0 fully saturated rings. The van der Waals surface area contributed by atoms with Crippen LogP contribution in [0.15, 0.2) is 72.9 Å². The van der Waals surface area contributed by atoms with E-state index in [9.17, 15) is 22.4 Å². The number of hydrogen-bond donors (Lipinski definition) is 1. The molecule has 3 aromatic carbocycles. The standard InChI is InChI=1S/C23H17F4N3O/c24-19-6-3-4-15(10-19)14-30-21-9-8-16(11-18(21)13-29-30)22(31)28-12-17-5-1-2-7-20(17)23(25,26)27/h1-11,13H,12,14H2,(H,28,31). The first-order chi connectivity index (χ1) is 14.8. The quantitative estimate of drug-likeness (QED) is 0.447. The number of carbonyl (C=O) groups excluding carboxylic acids is 1. The summed E-state index contributed by atoms with van der Waals surface area (Å²) < 4.78 is 54.4. The third kappa shape index (κ3) is 4.58. The van der Waals surface area contributed by atoms with Crippen molar-refractivity contribution in [2.24, 2.45) is 0 Å². The van der Waals surface area contributed by atoms with E-state index in [1.54, 1.807) is 41.2 Å². The van der Waals surface area contributed by atoms with Crippen LogP contribution in [0.5, 0.6) is 0 Å². The number of alkyl halides is 3. The van der Waals surface area contributed by atoms with Crippen LogP contribution in [-0.2, 0) is 19.3 Å². The highest BCUT2D eigenvalue weighted by Gasteiger charge is 2.32. The summed E-state index contributed by atoms with van der Waals surface area (Å²) in [5.41, 5.74) is 1.03. The highest BCUT2D eigenvalue weighted by Crippen LogP contribution is 2.31. The molecule has 1 amide bonds. The first-order valence-electron chi connectivity index (χ1n) is 9.44. The molecule has 0 radical (unpaired) electrons. The van der Waals surface area contributed by atoms with E-state index >= 15 is 0 Å². The van der Waals surface area contributed by atoms with Gasteiger partial charge in [0.25, 0.3) is 5.91 Å². The Morgan fingerprint density at radius 3 is 2.58 bits per heavy atom. The Bertz CT molecular complexity index is 1250. The van der Waals surface area contributed by atoms with Gasteiger partial charge in [-0.2, -0.15) is 18.3 Å². The van der Waals surface area contributed by atoms with Crippen LogP contribution in [0.4, 0.5) is 17.6 Å². The zero-order valence-electron chi connectivity index (χ0n) is 16.2. The predicted molar refractivity (Wildman–Crippen MR) is 108 cm³/mol. The Kier molecular flexibility index (Phi) is 5.46. The molecule has 31 heavy (non-hydrogen) atoms.